The molecular weight excluding hydrogens is 248 g/mol. The summed E-state index contributed by atoms with van der Waals surface area (Å²) in [4.78, 5) is 5.13. The third-order valence-electron chi connectivity index (χ3n) is 5.58. The average Bonchev–Trinajstić information content (AvgIpc) is 2.44. The lowest BCUT2D eigenvalue weighted by molar-refractivity contribution is 0.0501. The summed E-state index contributed by atoms with van der Waals surface area (Å²) in [6.07, 6.45) is 6.71. The van der Waals surface area contributed by atoms with Crippen molar-refractivity contribution in [1.29, 1.82) is 0 Å². The first kappa shape index (κ1) is 16.3. The molecule has 3 nitrogen and oxygen atoms in total. The Morgan fingerprint density at radius 2 is 1.70 bits per heavy atom. The van der Waals surface area contributed by atoms with Gasteiger partial charge in [-0.2, -0.15) is 0 Å². The van der Waals surface area contributed by atoms with Crippen LogP contribution in [0.5, 0.6) is 0 Å². The quantitative estimate of drug-likeness (QED) is 0.839. The number of piperazine rings is 1. The first-order valence-electron chi connectivity index (χ1n) is 8.61. The molecule has 0 spiro atoms. The van der Waals surface area contributed by atoms with E-state index in [-0.39, 0.29) is 0 Å². The largest absolute Gasteiger partial charge is 0.395 e. The number of aliphatic hydroxyl groups excluding tert-OH is 1. The maximum Gasteiger partial charge on any atom is 0.0586 e. The van der Waals surface area contributed by atoms with Crippen LogP contribution in [0.25, 0.3) is 0 Å². The molecule has 0 amide bonds. The van der Waals surface area contributed by atoms with Crippen molar-refractivity contribution in [2.45, 2.75) is 58.9 Å². The molecule has 1 atom stereocenters. The highest BCUT2D eigenvalue weighted by Gasteiger charge is 2.29. The van der Waals surface area contributed by atoms with Gasteiger partial charge >= 0.3 is 0 Å². The lowest BCUT2D eigenvalue weighted by Gasteiger charge is -2.41. The highest BCUT2D eigenvalue weighted by Crippen LogP contribution is 2.38. The summed E-state index contributed by atoms with van der Waals surface area (Å²) >= 11 is 0. The van der Waals surface area contributed by atoms with E-state index >= 15 is 0 Å². The van der Waals surface area contributed by atoms with Crippen molar-refractivity contribution in [1.82, 2.24) is 9.80 Å². The molecule has 118 valence electrons. The number of nitrogens with zero attached hydrogens (tertiary/aromatic N) is 2. The average molecular weight is 282 g/mol. The number of aliphatic hydroxyl groups is 1. The van der Waals surface area contributed by atoms with E-state index in [9.17, 15) is 5.11 Å². The van der Waals surface area contributed by atoms with Gasteiger partial charge in [0.1, 0.15) is 0 Å². The topological polar surface area (TPSA) is 26.7 Å². The fourth-order valence-corrected chi connectivity index (χ4v) is 3.82. The van der Waals surface area contributed by atoms with Crippen molar-refractivity contribution in [3.63, 3.8) is 0 Å². The first-order valence-corrected chi connectivity index (χ1v) is 8.61. The van der Waals surface area contributed by atoms with Crippen molar-refractivity contribution in [3.05, 3.63) is 0 Å². The van der Waals surface area contributed by atoms with Gasteiger partial charge < -0.3 is 10.0 Å². The molecule has 1 aliphatic carbocycles. The van der Waals surface area contributed by atoms with Crippen LogP contribution in [-0.4, -0.2) is 60.3 Å². The Hall–Kier alpha value is -0.120. The molecule has 2 rings (SSSR count). The Bertz CT molecular complexity index is 271. The molecule has 1 unspecified atom stereocenters. The van der Waals surface area contributed by atoms with E-state index in [0.717, 1.165) is 25.4 Å². The van der Waals surface area contributed by atoms with Crippen LogP contribution in [0.15, 0.2) is 0 Å². The summed E-state index contributed by atoms with van der Waals surface area (Å²) in [5.41, 5.74) is 0.588. The molecule has 1 saturated carbocycles. The predicted molar refractivity (Wildman–Crippen MR) is 84.9 cm³/mol. The molecule has 2 fully saturated rings. The van der Waals surface area contributed by atoms with Gasteiger partial charge in [-0.1, -0.05) is 20.8 Å². The minimum absolute atomic E-state index is 0.314. The number of hydrogen-bond acceptors (Lipinski definition) is 3. The zero-order valence-corrected chi connectivity index (χ0v) is 13.8. The zero-order valence-electron chi connectivity index (χ0n) is 13.8. The smallest absolute Gasteiger partial charge is 0.0586 e. The fourth-order valence-electron chi connectivity index (χ4n) is 3.82. The van der Waals surface area contributed by atoms with E-state index in [1.54, 1.807) is 0 Å². The lowest BCUT2D eigenvalue weighted by Crippen LogP contribution is -2.52. The van der Waals surface area contributed by atoms with Crippen LogP contribution >= 0.6 is 0 Å². The van der Waals surface area contributed by atoms with Crippen LogP contribution < -0.4 is 0 Å². The van der Waals surface area contributed by atoms with Crippen molar-refractivity contribution in [3.8, 4) is 0 Å². The molecule has 1 N–H and O–H groups in total. The van der Waals surface area contributed by atoms with Gasteiger partial charge in [0.25, 0.3) is 0 Å². The van der Waals surface area contributed by atoms with Crippen LogP contribution in [-0.2, 0) is 0 Å². The van der Waals surface area contributed by atoms with Crippen LogP contribution in [0, 0.1) is 11.3 Å². The van der Waals surface area contributed by atoms with E-state index in [1.807, 2.05) is 0 Å². The zero-order chi connectivity index (χ0) is 14.6. The molecule has 3 heteroatoms. The van der Waals surface area contributed by atoms with Crippen molar-refractivity contribution < 1.29 is 5.11 Å². The SMILES string of the molecule is CCC(CO)N1CCN(CC2CCC(C)(C)CC2)CC1. The molecule has 1 saturated heterocycles. The maximum absolute atomic E-state index is 9.40. The second-order valence-electron chi connectivity index (χ2n) is 7.69. The Morgan fingerprint density at radius 1 is 1.10 bits per heavy atom. The monoisotopic (exact) mass is 282 g/mol. The summed E-state index contributed by atoms with van der Waals surface area (Å²) in [7, 11) is 0. The van der Waals surface area contributed by atoms with Gasteiger partial charge in [-0.05, 0) is 43.4 Å². The van der Waals surface area contributed by atoms with Gasteiger partial charge in [0.2, 0.25) is 0 Å². The molecule has 1 heterocycles. The minimum Gasteiger partial charge on any atom is -0.395 e. The summed E-state index contributed by atoms with van der Waals surface area (Å²) in [6, 6.07) is 0.382. The first-order chi connectivity index (χ1) is 9.54. The normalized spacial score (nSPS) is 27.6. The highest BCUT2D eigenvalue weighted by molar-refractivity contribution is 4.83. The summed E-state index contributed by atoms with van der Waals surface area (Å²) in [5.74, 6) is 0.925. The fraction of sp³-hybridized carbons (Fsp3) is 1.00. The minimum atomic E-state index is 0.314. The summed E-state index contributed by atoms with van der Waals surface area (Å²) in [6.45, 7) is 13.3. The molecule has 20 heavy (non-hydrogen) atoms. The van der Waals surface area contributed by atoms with Crippen LogP contribution in [0.3, 0.4) is 0 Å². The molecule has 0 radical (unpaired) electrons. The van der Waals surface area contributed by atoms with Gasteiger partial charge in [0.05, 0.1) is 6.61 Å². The van der Waals surface area contributed by atoms with Gasteiger partial charge in [-0.15, -0.1) is 0 Å². The Balaban J connectivity index is 1.70. The van der Waals surface area contributed by atoms with Crippen molar-refractivity contribution in [2.24, 2.45) is 11.3 Å². The van der Waals surface area contributed by atoms with Crippen LogP contribution in [0.2, 0.25) is 0 Å². The van der Waals surface area contributed by atoms with E-state index < -0.39 is 0 Å². The van der Waals surface area contributed by atoms with E-state index in [0.29, 0.717) is 18.1 Å². The van der Waals surface area contributed by atoms with Gasteiger partial charge in [-0.25, -0.2) is 0 Å². The second kappa shape index (κ2) is 7.24. The molecular formula is C17H34N2O. The van der Waals surface area contributed by atoms with Gasteiger partial charge in [0.15, 0.2) is 0 Å². The third kappa shape index (κ3) is 4.44. The Labute approximate surface area is 125 Å². The standard InChI is InChI=1S/C17H34N2O/c1-4-16(14-20)19-11-9-18(10-12-19)13-15-5-7-17(2,3)8-6-15/h15-16,20H,4-14H2,1-3H3. The van der Waals surface area contributed by atoms with Crippen LogP contribution in [0.1, 0.15) is 52.9 Å². The molecule has 0 aromatic heterocycles. The third-order valence-corrected chi connectivity index (χ3v) is 5.58. The van der Waals surface area contributed by atoms with Crippen LogP contribution in [0.4, 0.5) is 0 Å². The van der Waals surface area contributed by atoms with Gasteiger partial charge in [0, 0.05) is 38.8 Å². The molecule has 2 aliphatic rings. The highest BCUT2D eigenvalue weighted by atomic mass is 16.3. The van der Waals surface area contributed by atoms with E-state index in [4.69, 9.17) is 0 Å². The number of hydrogen-bond donors (Lipinski definition) is 1. The molecule has 0 aromatic rings. The van der Waals surface area contributed by atoms with E-state index in [1.165, 1.54) is 45.3 Å². The Morgan fingerprint density at radius 3 is 2.20 bits per heavy atom. The van der Waals surface area contributed by atoms with Crippen molar-refractivity contribution in [2.75, 3.05) is 39.3 Å². The Kier molecular flexibility index (Phi) is 5.88. The number of rotatable bonds is 5. The van der Waals surface area contributed by atoms with E-state index in [2.05, 4.69) is 30.6 Å². The van der Waals surface area contributed by atoms with Gasteiger partial charge in [-0.3, -0.25) is 4.90 Å². The predicted octanol–water partition coefficient (Wildman–Crippen LogP) is 2.59. The van der Waals surface area contributed by atoms with Crippen molar-refractivity contribution >= 4 is 0 Å². The lowest BCUT2D eigenvalue weighted by atomic mass is 9.73. The summed E-state index contributed by atoms with van der Waals surface area (Å²) in [5, 5.41) is 9.40. The second-order valence-corrected chi connectivity index (χ2v) is 7.69. The molecule has 0 aromatic carbocycles. The maximum atomic E-state index is 9.40. The molecule has 1 aliphatic heterocycles. The molecule has 0 bridgehead atoms. The summed E-state index contributed by atoms with van der Waals surface area (Å²) < 4.78 is 0.